The highest BCUT2D eigenvalue weighted by atomic mass is 16.5. The van der Waals surface area contributed by atoms with Crippen molar-refractivity contribution < 1.29 is 19.1 Å². The van der Waals surface area contributed by atoms with Crippen molar-refractivity contribution in [2.24, 2.45) is 0 Å². The molecule has 130 valence electrons. The summed E-state index contributed by atoms with van der Waals surface area (Å²) in [5.74, 6) is -0.248. The van der Waals surface area contributed by atoms with Crippen LogP contribution in [-0.2, 0) is 9.53 Å². The summed E-state index contributed by atoms with van der Waals surface area (Å²) in [7, 11) is 0. The van der Waals surface area contributed by atoms with Crippen LogP contribution in [0.5, 0.6) is 0 Å². The molecule has 0 atom stereocenters. The fourth-order valence-electron chi connectivity index (χ4n) is 2.68. The smallest absolute Gasteiger partial charge is 0.407 e. The van der Waals surface area contributed by atoms with Crippen LogP contribution in [0, 0.1) is 0 Å². The zero-order valence-corrected chi connectivity index (χ0v) is 14.0. The summed E-state index contributed by atoms with van der Waals surface area (Å²) >= 11 is 0. The molecule has 7 nitrogen and oxygen atoms in total. The highest BCUT2D eigenvalue weighted by Gasteiger charge is 2.25. The van der Waals surface area contributed by atoms with Gasteiger partial charge in [0.15, 0.2) is 0 Å². The molecule has 2 N–H and O–H groups in total. The quantitative estimate of drug-likeness (QED) is 0.882. The van der Waals surface area contributed by atoms with Gasteiger partial charge in [-0.25, -0.2) is 4.79 Å². The molecule has 1 aromatic carbocycles. The van der Waals surface area contributed by atoms with Crippen molar-refractivity contribution in [2.45, 2.75) is 32.7 Å². The Morgan fingerprint density at radius 1 is 1.25 bits per heavy atom. The first-order valence-electron chi connectivity index (χ1n) is 8.09. The van der Waals surface area contributed by atoms with Gasteiger partial charge in [-0.2, -0.15) is 0 Å². The van der Waals surface area contributed by atoms with Crippen LogP contribution in [0.3, 0.4) is 0 Å². The number of hydrogen-bond donors (Lipinski definition) is 2. The number of ether oxygens (including phenoxy) is 1. The van der Waals surface area contributed by atoms with Crippen LogP contribution in [-0.4, -0.2) is 48.5 Å². The lowest BCUT2D eigenvalue weighted by atomic mass is 10.0. The molecule has 2 rings (SSSR count). The maximum Gasteiger partial charge on any atom is 0.407 e. The Kier molecular flexibility index (Phi) is 6.17. The third-order valence-electron chi connectivity index (χ3n) is 3.81. The number of nitrogens with one attached hydrogen (secondary N) is 2. The Labute approximate surface area is 141 Å². The van der Waals surface area contributed by atoms with E-state index < -0.39 is 6.09 Å². The van der Waals surface area contributed by atoms with E-state index in [2.05, 4.69) is 10.6 Å². The second-order valence-corrected chi connectivity index (χ2v) is 5.69. The Morgan fingerprint density at radius 3 is 2.58 bits per heavy atom. The van der Waals surface area contributed by atoms with Crippen LogP contribution in [0.4, 0.5) is 10.5 Å². The van der Waals surface area contributed by atoms with E-state index in [1.165, 1.54) is 6.92 Å². The van der Waals surface area contributed by atoms with Crippen LogP contribution < -0.4 is 10.6 Å². The number of nitrogens with zero attached hydrogens (tertiary/aromatic N) is 1. The average Bonchev–Trinajstić information content (AvgIpc) is 2.55. The highest BCUT2D eigenvalue weighted by Crippen LogP contribution is 2.17. The number of carbonyl (C=O) groups excluding carboxylic acids is 3. The standard InChI is InChI=1S/C17H23N3O4/c1-3-24-17(23)19-14-7-9-20(10-8-14)16(22)13-5-4-6-15(11-13)18-12(2)21/h4-6,11,14H,3,7-10H2,1-2H3,(H,18,21)(H,19,23). The topological polar surface area (TPSA) is 87.7 Å². The van der Waals surface area contributed by atoms with E-state index >= 15 is 0 Å². The molecule has 0 aromatic heterocycles. The van der Waals surface area contributed by atoms with E-state index in [9.17, 15) is 14.4 Å². The van der Waals surface area contributed by atoms with Gasteiger partial charge in [-0.1, -0.05) is 6.07 Å². The van der Waals surface area contributed by atoms with E-state index in [-0.39, 0.29) is 17.9 Å². The van der Waals surface area contributed by atoms with Gasteiger partial charge >= 0.3 is 6.09 Å². The molecule has 0 bridgehead atoms. The number of likely N-dealkylation sites (tertiary alicyclic amines) is 1. The Morgan fingerprint density at radius 2 is 1.96 bits per heavy atom. The minimum Gasteiger partial charge on any atom is -0.450 e. The van der Waals surface area contributed by atoms with Crippen molar-refractivity contribution >= 4 is 23.6 Å². The number of alkyl carbamates (subject to hydrolysis) is 1. The van der Waals surface area contributed by atoms with Gasteiger partial charge in [0.25, 0.3) is 5.91 Å². The van der Waals surface area contributed by atoms with Gasteiger partial charge in [-0.15, -0.1) is 0 Å². The van der Waals surface area contributed by atoms with Gasteiger partial charge < -0.3 is 20.3 Å². The third-order valence-corrected chi connectivity index (χ3v) is 3.81. The normalized spacial score (nSPS) is 14.8. The van der Waals surface area contributed by atoms with Gasteiger partial charge in [0.2, 0.25) is 5.91 Å². The van der Waals surface area contributed by atoms with Gasteiger partial charge in [0, 0.05) is 37.3 Å². The van der Waals surface area contributed by atoms with Crippen molar-refractivity contribution in [1.82, 2.24) is 10.2 Å². The molecule has 1 fully saturated rings. The fraction of sp³-hybridized carbons (Fsp3) is 0.471. The van der Waals surface area contributed by atoms with Crippen molar-refractivity contribution in [3.63, 3.8) is 0 Å². The molecule has 1 heterocycles. The summed E-state index contributed by atoms with van der Waals surface area (Å²) < 4.78 is 4.87. The molecule has 3 amide bonds. The number of benzene rings is 1. The number of piperidine rings is 1. The monoisotopic (exact) mass is 333 g/mol. The second-order valence-electron chi connectivity index (χ2n) is 5.69. The van der Waals surface area contributed by atoms with E-state index in [0.29, 0.717) is 43.8 Å². The molecule has 1 aliphatic rings. The van der Waals surface area contributed by atoms with Crippen molar-refractivity contribution in [3.8, 4) is 0 Å². The highest BCUT2D eigenvalue weighted by molar-refractivity contribution is 5.96. The van der Waals surface area contributed by atoms with Crippen LogP contribution in [0.2, 0.25) is 0 Å². The number of anilines is 1. The minimum atomic E-state index is -0.412. The Hall–Kier alpha value is -2.57. The first kappa shape index (κ1) is 17.8. The maximum absolute atomic E-state index is 12.6. The number of hydrogen-bond acceptors (Lipinski definition) is 4. The van der Waals surface area contributed by atoms with Gasteiger partial charge in [0.1, 0.15) is 0 Å². The SMILES string of the molecule is CCOC(=O)NC1CCN(C(=O)c2cccc(NC(C)=O)c2)CC1. The Bertz CT molecular complexity index is 610. The predicted molar refractivity (Wildman–Crippen MR) is 89.8 cm³/mol. The minimum absolute atomic E-state index is 0.0267. The number of carbonyl (C=O) groups is 3. The summed E-state index contributed by atoms with van der Waals surface area (Å²) in [4.78, 5) is 36.9. The largest absolute Gasteiger partial charge is 0.450 e. The van der Waals surface area contributed by atoms with Crippen LogP contribution in [0.15, 0.2) is 24.3 Å². The van der Waals surface area contributed by atoms with E-state index in [0.717, 1.165) is 0 Å². The molecule has 0 radical (unpaired) electrons. The number of rotatable bonds is 4. The van der Waals surface area contributed by atoms with Crippen LogP contribution >= 0.6 is 0 Å². The van der Waals surface area contributed by atoms with E-state index in [1.807, 2.05) is 0 Å². The summed E-state index contributed by atoms with van der Waals surface area (Å²) in [6, 6.07) is 6.92. The molecular weight excluding hydrogens is 310 g/mol. The molecular formula is C17H23N3O4. The first-order valence-corrected chi connectivity index (χ1v) is 8.09. The predicted octanol–water partition coefficient (Wildman–Crippen LogP) is 2.00. The molecule has 1 saturated heterocycles. The molecule has 24 heavy (non-hydrogen) atoms. The van der Waals surface area contributed by atoms with Gasteiger partial charge in [-0.3, -0.25) is 9.59 Å². The summed E-state index contributed by atoms with van der Waals surface area (Å²) in [5, 5.41) is 5.48. The molecule has 0 spiro atoms. The summed E-state index contributed by atoms with van der Waals surface area (Å²) in [6.45, 7) is 4.67. The molecule has 0 saturated carbocycles. The molecule has 0 aliphatic carbocycles. The fourth-order valence-corrected chi connectivity index (χ4v) is 2.68. The van der Waals surface area contributed by atoms with E-state index in [4.69, 9.17) is 4.74 Å². The zero-order valence-electron chi connectivity index (χ0n) is 14.0. The van der Waals surface area contributed by atoms with Crippen molar-refractivity contribution in [2.75, 3.05) is 25.0 Å². The summed E-state index contributed by atoms with van der Waals surface area (Å²) in [5.41, 5.74) is 1.14. The average molecular weight is 333 g/mol. The lowest BCUT2D eigenvalue weighted by Gasteiger charge is -2.32. The summed E-state index contributed by atoms with van der Waals surface area (Å²) in [6.07, 6.45) is 0.969. The van der Waals surface area contributed by atoms with Crippen LogP contribution in [0.1, 0.15) is 37.0 Å². The first-order chi connectivity index (χ1) is 11.5. The van der Waals surface area contributed by atoms with Crippen LogP contribution in [0.25, 0.3) is 0 Å². The lowest BCUT2D eigenvalue weighted by Crippen LogP contribution is -2.46. The molecule has 0 unspecified atom stereocenters. The zero-order chi connectivity index (χ0) is 17.5. The van der Waals surface area contributed by atoms with E-state index in [1.54, 1.807) is 36.1 Å². The molecule has 1 aromatic rings. The van der Waals surface area contributed by atoms with Crippen molar-refractivity contribution in [1.29, 1.82) is 0 Å². The lowest BCUT2D eigenvalue weighted by molar-refractivity contribution is -0.114. The van der Waals surface area contributed by atoms with Crippen molar-refractivity contribution in [3.05, 3.63) is 29.8 Å². The second kappa shape index (κ2) is 8.33. The molecule has 7 heteroatoms. The van der Waals surface area contributed by atoms with Gasteiger partial charge in [0.05, 0.1) is 6.61 Å². The Balaban J connectivity index is 1.91. The molecule has 1 aliphatic heterocycles. The van der Waals surface area contributed by atoms with Gasteiger partial charge in [-0.05, 0) is 38.0 Å². The third kappa shape index (κ3) is 4.97. The number of amides is 3. The maximum atomic E-state index is 12.6.